The molecule has 1 amide bonds. The van der Waals surface area contributed by atoms with Crippen LogP contribution in [-0.4, -0.2) is 84.9 Å². The minimum atomic E-state index is 0.0107. The predicted molar refractivity (Wildman–Crippen MR) is 100 cm³/mol. The van der Waals surface area contributed by atoms with Gasteiger partial charge in [0.2, 0.25) is 5.91 Å². The third-order valence-electron chi connectivity index (χ3n) is 5.12. The number of ether oxygens (including phenoxy) is 1. The van der Waals surface area contributed by atoms with Crippen LogP contribution in [0.4, 0.5) is 0 Å². The molecule has 0 saturated carbocycles. The van der Waals surface area contributed by atoms with Crippen molar-refractivity contribution in [2.45, 2.75) is 18.8 Å². The Hall–Kier alpha value is -2.09. The maximum absolute atomic E-state index is 12.0. The monoisotopic (exact) mass is 362 g/mol. The first kappa shape index (κ1) is 18.7. The number of nitrogens with one attached hydrogen (secondary N) is 1. The molecule has 3 heterocycles. The average Bonchev–Trinajstić information content (AvgIpc) is 3.35. The lowest BCUT2D eigenvalue weighted by Crippen LogP contribution is -2.43. The zero-order chi connectivity index (χ0) is 18.5. The van der Waals surface area contributed by atoms with E-state index in [1.54, 1.807) is 19.0 Å². The standard InChI is InChI=1S/C18H30N6O2/c1-22(2)17(25)10-20-18(19-8-14-5-7-26-13-14)24-6-4-15(12-24)16-9-21-23(3)11-16/h9,11,14-15H,4-8,10,12-13H2,1-3H3,(H,19,20). The Bertz CT molecular complexity index is 635. The Labute approximate surface area is 155 Å². The quantitative estimate of drug-likeness (QED) is 0.602. The molecule has 0 spiro atoms. The molecule has 3 rings (SSSR count). The molecule has 1 aromatic rings. The summed E-state index contributed by atoms with van der Waals surface area (Å²) < 4.78 is 7.31. The minimum Gasteiger partial charge on any atom is -0.381 e. The van der Waals surface area contributed by atoms with Crippen molar-refractivity contribution >= 4 is 11.9 Å². The van der Waals surface area contributed by atoms with Crippen molar-refractivity contribution in [3.05, 3.63) is 18.0 Å². The molecule has 0 radical (unpaired) electrons. The summed E-state index contributed by atoms with van der Waals surface area (Å²) >= 11 is 0. The van der Waals surface area contributed by atoms with Crippen molar-refractivity contribution in [3.63, 3.8) is 0 Å². The molecular formula is C18H30N6O2. The van der Waals surface area contributed by atoms with Crippen LogP contribution >= 0.6 is 0 Å². The molecule has 2 aliphatic heterocycles. The van der Waals surface area contributed by atoms with Crippen LogP contribution in [0.3, 0.4) is 0 Å². The highest BCUT2D eigenvalue weighted by Gasteiger charge is 2.28. The van der Waals surface area contributed by atoms with E-state index in [1.165, 1.54) is 5.56 Å². The lowest BCUT2D eigenvalue weighted by atomic mass is 10.0. The van der Waals surface area contributed by atoms with Gasteiger partial charge in [-0.1, -0.05) is 0 Å². The fourth-order valence-electron chi connectivity index (χ4n) is 3.41. The summed E-state index contributed by atoms with van der Waals surface area (Å²) in [6.45, 7) is 4.48. The number of amides is 1. The summed E-state index contributed by atoms with van der Waals surface area (Å²) in [6.07, 6.45) is 6.18. The first-order valence-electron chi connectivity index (χ1n) is 9.32. The summed E-state index contributed by atoms with van der Waals surface area (Å²) in [5.74, 6) is 1.81. The number of carbonyl (C=O) groups is 1. The second kappa shape index (κ2) is 8.53. The van der Waals surface area contributed by atoms with E-state index in [9.17, 15) is 4.79 Å². The fourth-order valence-corrected chi connectivity index (χ4v) is 3.41. The number of likely N-dealkylation sites (N-methyl/N-ethyl adjacent to an activating group) is 1. The van der Waals surface area contributed by atoms with Gasteiger partial charge in [-0.3, -0.25) is 9.48 Å². The van der Waals surface area contributed by atoms with Crippen LogP contribution in [0, 0.1) is 5.92 Å². The van der Waals surface area contributed by atoms with Gasteiger partial charge in [-0.25, -0.2) is 4.99 Å². The van der Waals surface area contributed by atoms with Gasteiger partial charge in [0.25, 0.3) is 0 Å². The Kier molecular flexibility index (Phi) is 6.13. The van der Waals surface area contributed by atoms with Crippen LogP contribution in [-0.2, 0) is 16.6 Å². The van der Waals surface area contributed by atoms with Gasteiger partial charge in [-0.2, -0.15) is 5.10 Å². The highest BCUT2D eigenvalue weighted by Crippen LogP contribution is 2.26. The van der Waals surface area contributed by atoms with Crippen LogP contribution in [0.1, 0.15) is 24.3 Å². The maximum Gasteiger partial charge on any atom is 0.243 e. The lowest BCUT2D eigenvalue weighted by Gasteiger charge is -2.23. The van der Waals surface area contributed by atoms with E-state index in [1.807, 2.05) is 17.9 Å². The molecule has 1 aromatic heterocycles. The summed E-state index contributed by atoms with van der Waals surface area (Å²) in [5, 5.41) is 7.77. The lowest BCUT2D eigenvalue weighted by molar-refractivity contribution is -0.127. The van der Waals surface area contributed by atoms with E-state index >= 15 is 0 Å². The van der Waals surface area contributed by atoms with Gasteiger partial charge in [-0.05, 0) is 18.4 Å². The summed E-state index contributed by atoms with van der Waals surface area (Å²) in [6, 6.07) is 0. The Morgan fingerprint density at radius 3 is 2.96 bits per heavy atom. The molecule has 2 fully saturated rings. The highest BCUT2D eigenvalue weighted by molar-refractivity contribution is 5.85. The minimum absolute atomic E-state index is 0.0107. The van der Waals surface area contributed by atoms with E-state index < -0.39 is 0 Å². The van der Waals surface area contributed by atoms with Crippen molar-refractivity contribution in [1.29, 1.82) is 0 Å². The molecule has 2 atom stereocenters. The summed E-state index contributed by atoms with van der Waals surface area (Å²) in [5.41, 5.74) is 1.27. The average molecular weight is 362 g/mol. The van der Waals surface area contributed by atoms with Crippen molar-refractivity contribution in [2.24, 2.45) is 18.0 Å². The number of aromatic nitrogens is 2. The van der Waals surface area contributed by atoms with E-state index in [2.05, 4.69) is 26.5 Å². The second-order valence-corrected chi connectivity index (χ2v) is 7.42. The van der Waals surface area contributed by atoms with Crippen molar-refractivity contribution in [3.8, 4) is 0 Å². The summed E-state index contributed by atoms with van der Waals surface area (Å²) in [4.78, 5) is 20.4. The smallest absolute Gasteiger partial charge is 0.243 e. The van der Waals surface area contributed by atoms with Gasteiger partial charge in [0, 0.05) is 65.4 Å². The number of rotatable bonds is 5. The van der Waals surface area contributed by atoms with Crippen molar-refractivity contribution in [2.75, 3.05) is 53.5 Å². The molecule has 2 unspecified atom stereocenters. The number of aliphatic imine (C=N–C) groups is 1. The van der Waals surface area contributed by atoms with E-state index in [-0.39, 0.29) is 12.5 Å². The van der Waals surface area contributed by atoms with Crippen LogP contribution in [0.15, 0.2) is 17.4 Å². The number of guanidine groups is 1. The molecule has 1 N–H and O–H groups in total. The number of nitrogens with zero attached hydrogens (tertiary/aromatic N) is 5. The Morgan fingerprint density at radius 2 is 2.31 bits per heavy atom. The molecule has 144 valence electrons. The van der Waals surface area contributed by atoms with Crippen molar-refractivity contribution in [1.82, 2.24) is 24.9 Å². The normalized spacial score (nSPS) is 23.5. The molecule has 0 bridgehead atoms. The Balaban J connectivity index is 1.63. The van der Waals surface area contributed by atoms with Gasteiger partial charge in [-0.15, -0.1) is 0 Å². The van der Waals surface area contributed by atoms with Crippen LogP contribution < -0.4 is 5.32 Å². The van der Waals surface area contributed by atoms with Gasteiger partial charge < -0.3 is 19.9 Å². The first-order valence-corrected chi connectivity index (χ1v) is 9.32. The van der Waals surface area contributed by atoms with Gasteiger partial charge in [0.05, 0.1) is 12.8 Å². The van der Waals surface area contributed by atoms with Gasteiger partial charge >= 0.3 is 0 Å². The van der Waals surface area contributed by atoms with E-state index in [0.29, 0.717) is 11.8 Å². The number of hydrogen-bond donors (Lipinski definition) is 1. The maximum atomic E-state index is 12.0. The zero-order valence-corrected chi connectivity index (χ0v) is 16.0. The van der Waals surface area contributed by atoms with Crippen LogP contribution in [0.5, 0.6) is 0 Å². The molecule has 2 aliphatic rings. The third kappa shape index (κ3) is 4.75. The molecule has 2 saturated heterocycles. The highest BCUT2D eigenvalue weighted by atomic mass is 16.5. The molecule has 8 nitrogen and oxygen atoms in total. The second-order valence-electron chi connectivity index (χ2n) is 7.42. The molecule has 26 heavy (non-hydrogen) atoms. The van der Waals surface area contributed by atoms with E-state index in [4.69, 9.17) is 4.74 Å². The first-order chi connectivity index (χ1) is 12.5. The number of aryl methyl sites for hydroxylation is 1. The Morgan fingerprint density at radius 1 is 1.46 bits per heavy atom. The predicted octanol–water partition coefficient (Wildman–Crippen LogP) is 0.280. The largest absolute Gasteiger partial charge is 0.381 e. The van der Waals surface area contributed by atoms with E-state index in [0.717, 1.165) is 51.6 Å². The molecule has 0 aromatic carbocycles. The topological polar surface area (TPSA) is 75.0 Å². The number of likely N-dealkylation sites (tertiary alicyclic amines) is 1. The number of carbonyl (C=O) groups excluding carboxylic acids is 1. The van der Waals surface area contributed by atoms with Gasteiger partial charge in [0.1, 0.15) is 6.54 Å². The number of hydrogen-bond acceptors (Lipinski definition) is 4. The molecular weight excluding hydrogens is 332 g/mol. The third-order valence-corrected chi connectivity index (χ3v) is 5.12. The molecule has 0 aliphatic carbocycles. The fraction of sp³-hybridized carbons (Fsp3) is 0.722. The zero-order valence-electron chi connectivity index (χ0n) is 16.0. The van der Waals surface area contributed by atoms with Crippen LogP contribution in [0.25, 0.3) is 0 Å². The molecule has 8 heteroatoms. The van der Waals surface area contributed by atoms with Gasteiger partial charge in [0.15, 0.2) is 5.96 Å². The van der Waals surface area contributed by atoms with Crippen molar-refractivity contribution < 1.29 is 9.53 Å². The van der Waals surface area contributed by atoms with Crippen LogP contribution in [0.2, 0.25) is 0 Å². The summed E-state index contributed by atoms with van der Waals surface area (Å²) in [7, 11) is 5.46. The SMILES string of the molecule is CN(C)C(=O)CN=C(NCC1CCOC1)N1CCC(c2cnn(C)c2)C1.